The highest BCUT2D eigenvalue weighted by atomic mass is 16.1. The highest BCUT2D eigenvalue weighted by Gasteiger charge is 2.11. The number of rotatable bonds is 3. The summed E-state index contributed by atoms with van der Waals surface area (Å²) >= 11 is 0. The Kier molecular flexibility index (Phi) is 3.58. The predicted molar refractivity (Wildman–Crippen MR) is 71.3 cm³/mol. The van der Waals surface area contributed by atoms with Gasteiger partial charge in [0.1, 0.15) is 0 Å². The van der Waals surface area contributed by atoms with Crippen molar-refractivity contribution in [2.75, 3.05) is 0 Å². The van der Waals surface area contributed by atoms with Crippen molar-refractivity contribution in [2.45, 2.75) is 19.4 Å². The lowest BCUT2D eigenvalue weighted by molar-refractivity contribution is 0.655. The molecule has 0 saturated heterocycles. The highest BCUT2D eigenvalue weighted by Crippen LogP contribution is 2.17. The smallest absolute Gasteiger partial charge is 0.266 e. The first kappa shape index (κ1) is 12.5. The molecule has 4 nitrogen and oxygen atoms in total. The topological polar surface area (TPSA) is 60.9 Å². The third-order valence-electron chi connectivity index (χ3n) is 3.05. The van der Waals surface area contributed by atoms with Crippen LogP contribution in [0.4, 0.5) is 0 Å². The standard InChI is InChI=1S/C14H17N3O/c1-3-10-4-6-11(7-5-10)14(15)12-8-9-13(18)17(2)16-12/h4-9,14H,3,15H2,1-2H3. The summed E-state index contributed by atoms with van der Waals surface area (Å²) < 4.78 is 1.30. The van der Waals surface area contributed by atoms with E-state index in [9.17, 15) is 4.79 Å². The fraction of sp³-hybridized carbons (Fsp3) is 0.286. The summed E-state index contributed by atoms with van der Waals surface area (Å²) in [6.07, 6.45) is 1.01. The summed E-state index contributed by atoms with van der Waals surface area (Å²) in [4.78, 5) is 11.3. The van der Waals surface area contributed by atoms with Gasteiger partial charge >= 0.3 is 0 Å². The van der Waals surface area contributed by atoms with E-state index in [1.54, 1.807) is 13.1 Å². The zero-order valence-corrected chi connectivity index (χ0v) is 10.6. The lowest BCUT2D eigenvalue weighted by Crippen LogP contribution is -2.23. The minimum Gasteiger partial charge on any atom is -0.319 e. The number of hydrogen-bond donors (Lipinski definition) is 1. The van der Waals surface area contributed by atoms with E-state index >= 15 is 0 Å². The fourth-order valence-electron chi connectivity index (χ4n) is 1.82. The average Bonchev–Trinajstić information content (AvgIpc) is 2.41. The number of nitrogens with zero attached hydrogens (tertiary/aromatic N) is 2. The van der Waals surface area contributed by atoms with Gasteiger partial charge < -0.3 is 5.73 Å². The van der Waals surface area contributed by atoms with Gasteiger partial charge in [-0.05, 0) is 23.6 Å². The van der Waals surface area contributed by atoms with Crippen molar-refractivity contribution >= 4 is 0 Å². The molecule has 1 atom stereocenters. The molecule has 0 radical (unpaired) electrons. The van der Waals surface area contributed by atoms with E-state index < -0.39 is 0 Å². The molecule has 0 saturated carbocycles. The molecule has 0 aliphatic heterocycles. The zero-order valence-electron chi connectivity index (χ0n) is 10.6. The van der Waals surface area contributed by atoms with Crippen LogP contribution in [0.2, 0.25) is 0 Å². The number of benzene rings is 1. The Labute approximate surface area is 106 Å². The van der Waals surface area contributed by atoms with Crippen molar-refractivity contribution < 1.29 is 0 Å². The second-order valence-corrected chi connectivity index (χ2v) is 4.29. The largest absolute Gasteiger partial charge is 0.319 e. The minimum absolute atomic E-state index is 0.132. The monoisotopic (exact) mass is 243 g/mol. The second-order valence-electron chi connectivity index (χ2n) is 4.29. The van der Waals surface area contributed by atoms with Gasteiger partial charge in [0.05, 0.1) is 11.7 Å². The molecule has 2 rings (SSSR count). The van der Waals surface area contributed by atoms with Crippen molar-refractivity contribution in [3.8, 4) is 0 Å². The highest BCUT2D eigenvalue weighted by molar-refractivity contribution is 5.29. The molecular weight excluding hydrogens is 226 g/mol. The van der Waals surface area contributed by atoms with Crippen molar-refractivity contribution in [1.29, 1.82) is 0 Å². The Hall–Kier alpha value is -1.94. The molecule has 1 heterocycles. The maximum absolute atomic E-state index is 11.3. The molecule has 94 valence electrons. The minimum atomic E-state index is -0.303. The lowest BCUT2D eigenvalue weighted by atomic mass is 10.0. The molecule has 1 unspecified atom stereocenters. The van der Waals surface area contributed by atoms with Crippen LogP contribution in [-0.4, -0.2) is 9.78 Å². The van der Waals surface area contributed by atoms with Gasteiger partial charge in [-0.15, -0.1) is 0 Å². The van der Waals surface area contributed by atoms with Crippen LogP contribution < -0.4 is 11.3 Å². The van der Waals surface area contributed by atoms with Crippen LogP contribution in [-0.2, 0) is 13.5 Å². The number of hydrogen-bond acceptors (Lipinski definition) is 3. The summed E-state index contributed by atoms with van der Waals surface area (Å²) in [6.45, 7) is 2.11. The van der Waals surface area contributed by atoms with Crippen LogP contribution in [0.25, 0.3) is 0 Å². The SMILES string of the molecule is CCc1ccc(C(N)c2ccc(=O)n(C)n2)cc1. The maximum Gasteiger partial charge on any atom is 0.266 e. The summed E-state index contributed by atoms with van der Waals surface area (Å²) in [5, 5.41) is 4.17. The van der Waals surface area contributed by atoms with E-state index in [-0.39, 0.29) is 11.6 Å². The molecule has 2 N–H and O–H groups in total. The molecule has 0 aliphatic carbocycles. The van der Waals surface area contributed by atoms with Crippen LogP contribution >= 0.6 is 0 Å². The number of nitrogens with two attached hydrogens (primary N) is 1. The summed E-state index contributed by atoms with van der Waals surface area (Å²) in [5.74, 6) is 0. The van der Waals surface area contributed by atoms with Crippen molar-refractivity contribution in [2.24, 2.45) is 12.8 Å². The first-order chi connectivity index (χ1) is 8.61. The zero-order chi connectivity index (χ0) is 13.1. The quantitative estimate of drug-likeness (QED) is 0.886. The maximum atomic E-state index is 11.3. The third kappa shape index (κ3) is 2.49. The van der Waals surface area contributed by atoms with Crippen molar-refractivity contribution in [3.05, 3.63) is 63.6 Å². The molecule has 0 fully saturated rings. The number of aromatic nitrogens is 2. The van der Waals surface area contributed by atoms with Gasteiger partial charge in [-0.2, -0.15) is 5.10 Å². The number of aryl methyl sites for hydroxylation is 2. The van der Waals surface area contributed by atoms with E-state index in [0.717, 1.165) is 12.0 Å². The summed E-state index contributed by atoms with van der Waals surface area (Å²) in [6, 6.07) is 11.0. The Morgan fingerprint density at radius 1 is 1.22 bits per heavy atom. The Morgan fingerprint density at radius 2 is 1.89 bits per heavy atom. The van der Waals surface area contributed by atoms with Gasteiger partial charge in [0, 0.05) is 13.1 Å². The van der Waals surface area contributed by atoms with E-state index in [0.29, 0.717) is 5.69 Å². The molecular formula is C14H17N3O. The second kappa shape index (κ2) is 5.14. The van der Waals surface area contributed by atoms with Crippen LogP contribution in [0, 0.1) is 0 Å². The molecule has 18 heavy (non-hydrogen) atoms. The van der Waals surface area contributed by atoms with E-state index in [1.165, 1.54) is 16.3 Å². The van der Waals surface area contributed by atoms with Gasteiger partial charge in [-0.3, -0.25) is 4.79 Å². The van der Waals surface area contributed by atoms with Gasteiger partial charge in [-0.25, -0.2) is 4.68 Å². The molecule has 2 aromatic rings. The fourth-order valence-corrected chi connectivity index (χ4v) is 1.82. The third-order valence-corrected chi connectivity index (χ3v) is 3.05. The van der Waals surface area contributed by atoms with E-state index in [2.05, 4.69) is 24.2 Å². The van der Waals surface area contributed by atoms with Crippen LogP contribution in [0.5, 0.6) is 0 Å². The molecule has 0 aliphatic rings. The molecule has 0 amide bonds. The van der Waals surface area contributed by atoms with Crippen LogP contribution in [0.15, 0.2) is 41.2 Å². The first-order valence-corrected chi connectivity index (χ1v) is 6.00. The lowest BCUT2D eigenvalue weighted by Gasteiger charge is -2.12. The molecule has 0 bridgehead atoms. The summed E-state index contributed by atoms with van der Waals surface area (Å²) in [7, 11) is 1.62. The summed E-state index contributed by atoms with van der Waals surface area (Å²) in [5.41, 5.74) is 8.99. The van der Waals surface area contributed by atoms with Crippen molar-refractivity contribution in [3.63, 3.8) is 0 Å². The van der Waals surface area contributed by atoms with Gasteiger partial charge in [0.15, 0.2) is 0 Å². The molecule has 1 aromatic carbocycles. The first-order valence-electron chi connectivity index (χ1n) is 6.00. The normalized spacial score (nSPS) is 12.4. The van der Waals surface area contributed by atoms with Gasteiger partial charge in [0.25, 0.3) is 5.56 Å². The Bertz CT molecular complexity index is 587. The predicted octanol–water partition coefficient (Wildman–Crippen LogP) is 1.39. The molecule has 0 spiro atoms. The average molecular weight is 243 g/mol. The molecule has 4 heteroatoms. The van der Waals surface area contributed by atoms with Gasteiger partial charge in [0.2, 0.25) is 0 Å². The van der Waals surface area contributed by atoms with Crippen molar-refractivity contribution in [1.82, 2.24) is 9.78 Å². The molecule has 1 aromatic heterocycles. The Balaban J connectivity index is 2.31. The van der Waals surface area contributed by atoms with Crippen LogP contribution in [0.1, 0.15) is 29.8 Å². The van der Waals surface area contributed by atoms with E-state index in [1.807, 2.05) is 12.1 Å². The Morgan fingerprint density at radius 3 is 2.44 bits per heavy atom. The van der Waals surface area contributed by atoms with Gasteiger partial charge in [-0.1, -0.05) is 31.2 Å². The van der Waals surface area contributed by atoms with Crippen LogP contribution in [0.3, 0.4) is 0 Å². The van der Waals surface area contributed by atoms with E-state index in [4.69, 9.17) is 5.73 Å².